The van der Waals surface area contributed by atoms with Crippen LogP contribution in [0.5, 0.6) is 11.5 Å². The summed E-state index contributed by atoms with van der Waals surface area (Å²) >= 11 is 0. The molecule has 1 aromatic carbocycles. The van der Waals surface area contributed by atoms with Crippen LogP contribution in [0.25, 0.3) is 0 Å². The largest absolute Gasteiger partial charge is 0.486 e. The number of hydrogen-bond acceptors (Lipinski definition) is 4. The van der Waals surface area contributed by atoms with Crippen LogP contribution >= 0.6 is 0 Å². The molecular weight excluding hydrogens is 244 g/mol. The van der Waals surface area contributed by atoms with Gasteiger partial charge in [0.1, 0.15) is 13.2 Å². The molecule has 1 atom stereocenters. The van der Waals surface area contributed by atoms with Gasteiger partial charge in [-0.05, 0) is 30.5 Å². The van der Waals surface area contributed by atoms with Gasteiger partial charge in [-0.15, -0.1) is 0 Å². The normalized spacial score (nSPS) is 14.8. The highest BCUT2D eigenvalue weighted by atomic mass is 16.6. The summed E-state index contributed by atoms with van der Waals surface area (Å²) in [4.78, 5) is 11.5. The summed E-state index contributed by atoms with van der Waals surface area (Å²) in [5, 5.41) is 2.83. The summed E-state index contributed by atoms with van der Waals surface area (Å²) in [6, 6.07) is 5.43. The fourth-order valence-electron chi connectivity index (χ4n) is 1.89. The van der Waals surface area contributed by atoms with Crippen molar-refractivity contribution in [1.29, 1.82) is 0 Å². The summed E-state index contributed by atoms with van der Waals surface area (Å²) in [5.41, 5.74) is 6.74. The summed E-state index contributed by atoms with van der Waals surface area (Å²) in [5.74, 6) is 1.47. The Bertz CT molecular complexity index is 448. The predicted octanol–water partition coefficient (Wildman–Crippen LogP) is 0.854. The topological polar surface area (TPSA) is 73.6 Å². The second-order valence-electron chi connectivity index (χ2n) is 4.53. The Morgan fingerprint density at radius 2 is 2.11 bits per heavy atom. The fraction of sp³-hybridized carbons (Fsp3) is 0.500. The molecule has 0 fully saturated rings. The van der Waals surface area contributed by atoms with Gasteiger partial charge in [0, 0.05) is 6.54 Å². The van der Waals surface area contributed by atoms with Crippen LogP contribution in [0.4, 0.5) is 0 Å². The average molecular weight is 264 g/mol. The molecule has 5 nitrogen and oxygen atoms in total. The molecule has 1 heterocycles. The molecule has 1 aliphatic heterocycles. The van der Waals surface area contributed by atoms with Gasteiger partial charge in [-0.1, -0.05) is 13.0 Å². The zero-order valence-electron chi connectivity index (χ0n) is 11.1. The second kappa shape index (κ2) is 6.43. The van der Waals surface area contributed by atoms with Gasteiger partial charge in [0.2, 0.25) is 5.91 Å². The van der Waals surface area contributed by atoms with Crippen LogP contribution in [0.2, 0.25) is 0 Å². The van der Waals surface area contributed by atoms with Crippen LogP contribution < -0.4 is 20.5 Å². The number of ether oxygens (including phenoxy) is 2. The van der Waals surface area contributed by atoms with Gasteiger partial charge in [0.05, 0.1) is 6.04 Å². The van der Waals surface area contributed by atoms with Crippen molar-refractivity contribution < 1.29 is 14.3 Å². The minimum Gasteiger partial charge on any atom is -0.486 e. The van der Waals surface area contributed by atoms with Gasteiger partial charge in [-0.25, -0.2) is 0 Å². The Labute approximate surface area is 113 Å². The third-order valence-corrected chi connectivity index (χ3v) is 3.10. The second-order valence-corrected chi connectivity index (χ2v) is 4.53. The highest BCUT2D eigenvalue weighted by Crippen LogP contribution is 2.30. The van der Waals surface area contributed by atoms with Crippen LogP contribution in [0.1, 0.15) is 18.9 Å². The molecule has 1 aromatic rings. The van der Waals surface area contributed by atoms with Crippen molar-refractivity contribution in [3.8, 4) is 11.5 Å². The molecule has 0 bridgehead atoms. The van der Waals surface area contributed by atoms with Crippen molar-refractivity contribution in [2.45, 2.75) is 25.8 Å². The van der Waals surface area contributed by atoms with Gasteiger partial charge in [-0.2, -0.15) is 0 Å². The average Bonchev–Trinajstić information content (AvgIpc) is 2.46. The molecule has 2 rings (SSSR count). The van der Waals surface area contributed by atoms with E-state index in [2.05, 4.69) is 5.32 Å². The summed E-state index contributed by atoms with van der Waals surface area (Å²) in [7, 11) is 0. The monoisotopic (exact) mass is 264 g/mol. The standard InChI is InChI=1S/C14H20N2O3/c1-2-11(15)14(17)16-6-5-10-3-4-12-13(9-10)19-8-7-18-12/h3-4,9,11H,2,5-8,15H2,1H3,(H,16,17)/t11-/m0/s1. The van der Waals surface area contributed by atoms with Crippen molar-refractivity contribution in [2.24, 2.45) is 5.73 Å². The molecule has 5 heteroatoms. The molecule has 0 saturated heterocycles. The lowest BCUT2D eigenvalue weighted by Crippen LogP contribution is -2.40. The molecule has 0 spiro atoms. The quantitative estimate of drug-likeness (QED) is 0.827. The minimum atomic E-state index is -0.416. The maximum Gasteiger partial charge on any atom is 0.236 e. The Balaban J connectivity index is 1.85. The lowest BCUT2D eigenvalue weighted by atomic mass is 10.1. The zero-order valence-corrected chi connectivity index (χ0v) is 11.1. The van der Waals surface area contributed by atoms with Crippen molar-refractivity contribution in [3.05, 3.63) is 23.8 Å². The van der Waals surface area contributed by atoms with Crippen molar-refractivity contribution in [1.82, 2.24) is 5.32 Å². The molecule has 0 unspecified atom stereocenters. The number of carbonyl (C=O) groups excluding carboxylic acids is 1. The number of hydrogen-bond donors (Lipinski definition) is 2. The smallest absolute Gasteiger partial charge is 0.236 e. The number of nitrogens with one attached hydrogen (secondary N) is 1. The van der Waals surface area contributed by atoms with Crippen LogP contribution in [0.3, 0.4) is 0 Å². The zero-order chi connectivity index (χ0) is 13.7. The van der Waals surface area contributed by atoms with Gasteiger partial charge in [0.25, 0.3) is 0 Å². The highest BCUT2D eigenvalue weighted by Gasteiger charge is 2.12. The maximum atomic E-state index is 11.5. The number of fused-ring (bicyclic) bond motifs is 1. The first-order valence-electron chi connectivity index (χ1n) is 6.62. The third kappa shape index (κ3) is 3.61. The lowest BCUT2D eigenvalue weighted by Gasteiger charge is -2.19. The van der Waals surface area contributed by atoms with Gasteiger partial charge in [-0.3, -0.25) is 4.79 Å². The van der Waals surface area contributed by atoms with Crippen LogP contribution in [0.15, 0.2) is 18.2 Å². The molecular formula is C14H20N2O3. The molecule has 0 saturated carbocycles. The molecule has 0 aromatic heterocycles. The summed E-state index contributed by atoms with van der Waals surface area (Å²) in [6.07, 6.45) is 1.40. The summed E-state index contributed by atoms with van der Waals surface area (Å²) < 4.78 is 11.0. The molecule has 1 amide bonds. The first-order chi connectivity index (χ1) is 9.20. The van der Waals surface area contributed by atoms with E-state index >= 15 is 0 Å². The Morgan fingerprint density at radius 1 is 1.37 bits per heavy atom. The Kier molecular flexibility index (Phi) is 4.63. The van der Waals surface area contributed by atoms with Crippen molar-refractivity contribution in [3.63, 3.8) is 0 Å². The number of carbonyl (C=O) groups is 1. The van der Waals surface area contributed by atoms with E-state index in [0.717, 1.165) is 23.5 Å². The molecule has 0 aliphatic carbocycles. The Morgan fingerprint density at radius 3 is 2.84 bits per heavy atom. The van der Waals surface area contributed by atoms with Crippen molar-refractivity contribution in [2.75, 3.05) is 19.8 Å². The molecule has 0 radical (unpaired) electrons. The van der Waals surface area contributed by atoms with E-state index in [1.165, 1.54) is 0 Å². The molecule has 3 N–H and O–H groups in total. The number of rotatable bonds is 5. The number of benzene rings is 1. The SMILES string of the molecule is CC[C@H](N)C(=O)NCCc1ccc2c(c1)OCCO2. The van der Waals surface area contributed by atoms with E-state index in [9.17, 15) is 4.79 Å². The van der Waals surface area contributed by atoms with Crippen LogP contribution in [-0.4, -0.2) is 31.7 Å². The van der Waals surface area contributed by atoms with E-state index < -0.39 is 6.04 Å². The fourth-order valence-corrected chi connectivity index (χ4v) is 1.89. The van der Waals surface area contributed by atoms with Gasteiger partial charge in [0.15, 0.2) is 11.5 Å². The van der Waals surface area contributed by atoms with E-state index in [4.69, 9.17) is 15.2 Å². The molecule has 1 aliphatic rings. The number of amides is 1. The van der Waals surface area contributed by atoms with Crippen LogP contribution in [0, 0.1) is 0 Å². The molecule has 104 valence electrons. The summed E-state index contributed by atoms with van der Waals surface area (Å²) in [6.45, 7) is 3.65. The third-order valence-electron chi connectivity index (χ3n) is 3.10. The van der Waals surface area contributed by atoms with E-state index in [0.29, 0.717) is 26.2 Å². The first-order valence-corrected chi connectivity index (χ1v) is 6.62. The van der Waals surface area contributed by atoms with E-state index in [-0.39, 0.29) is 5.91 Å². The predicted molar refractivity (Wildman–Crippen MR) is 72.4 cm³/mol. The number of nitrogens with two attached hydrogens (primary N) is 1. The van der Waals surface area contributed by atoms with Gasteiger partial charge >= 0.3 is 0 Å². The lowest BCUT2D eigenvalue weighted by molar-refractivity contribution is -0.122. The maximum absolute atomic E-state index is 11.5. The van der Waals surface area contributed by atoms with Gasteiger partial charge < -0.3 is 20.5 Å². The first kappa shape index (κ1) is 13.7. The van der Waals surface area contributed by atoms with E-state index in [1.54, 1.807) is 0 Å². The minimum absolute atomic E-state index is 0.0972. The van der Waals surface area contributed by atoms with E-state index in [1.807, 2.05) is 25.1 Å². The van der Waals surface area contributed by atoms with Crippen LogP contribution in [-0.2, 0) is 11.2 Å². The molecule has 19 heavy (non-hydrogen) atoms. The van der Waals surface area contributed by atoms with Crippen molar-refractivity contribution >= 4 is 5.91 Å². The highest BCUT2D eigenvalue weighted by molar-refractivity contribution is 5.81. The Hall–Kier alpha value is -1.75.